The SMILES string of the molecule is CC.Cc1cc2ccccc2n1C(=O)O. The second-order valence-electron chi connectivity index (χ2n) is 2.96. The Morgan fingerprint density at radius 2 is 1.87 bits per heavy atom. The highest BCUT2D eigenvalue weighted by Crippen LogP contribution is 2.18. The lowest BCUT2D eigenvalue weighted by Gasteiger charge is -1.99. The van der Waals surface area contributed by atoms with E-state index in [4.69, 9.17) is 5.11 Å². The van der Waals surface area contributed by atoms with Crippen LogP contribution in [-0.4, -0.2) is 15.8 Å². The molecule has 0 aliphatic heterocycles. The second-order valence-corrected chi connectivity index (χ2v) is 2.96. The third-order valence-corrected chi connectivity index (χ3v) is 2.09. The molecule has 3 heteroatoms. The molecule has 2 rings (SSSR count). The average molecular weight is 205 g/mol. The van der Waals surface area contributed by atoms with Crippen molar-refractivity contribution >= 4 is 17.0 Å². The summed E-state index contributed by atoms with van der Waals surface area (Å²) in [7, 11) is 0. The lowest BCUT2D eigenvalue weighted by Crippen LogP contribution is -2.08. The van der Waals surface area contributed by atoms with Crippen molar-refractivity contribution in [2.75, 3.05) is 0 Å². The molecular weight excluding hydrogens is 190 g/mol. The van der Waals surface area contributed by atoms with Gasteiger partial charge in [0.05, 0.1) is 5.52 Å². The number of hydrogen-bond acceptors (Lipinski definition) is 1. The van der Waals surface area contributed by atoms with Crippen LogP contribution in [-0.2, 0) is 0 Å². The lowest BCUT2D eigenvalue weighted by atomic mass is 10.2. The summed E-state index contributed by atoms with van der Waals surface area (Å²) in [5, 5.41) is 9.88. The summed E-state index contributed by atoms with van der Waals surface area (Å²) in [6.07, 6.45) is -0.932. The van der Waals surface area contributed by atoms with Gasteiger partial charge in [-0.1, -0.05) is 32.0 Å². The first-order chi connectivity index (χ1) is 7.20. The third kappa shape index (κ3) is 2.01. The number of fused-ring (bicyclic) bond motifs is 1. The van der Waals surface area contributed by atoms with Crippen LogP contribution in [0.4, 0.5) is 4.79 Å². The highest BCUT2D eigenvalue weighted by Gasteiger charge is 2.09. The Bertz CT molecular complexity index is 471. The van der Waals surface area contributed by atoms with Crippen molar-refractivity contribution in [2.24, 2.45) is 0 Å². The van der Waals surface area contributed by atoms with Crippen LogP contribution < -0.4 is 0 Å². The summed E-state index contributed by atoms with van der Waals surface area (Å²) in [4.78, 5) is 10.9. The van der Waals surface area contributed by atoms with E-state index in [1.165, 1.54) is 4.57 Å². The molecule has 0 unspecified atom stereocenters. The van der Waals surface area contributed by atoms with Crippen molar-refractivity contribution in [3.05, 3.63) is 36.0 Å². The molecule has 0 fully saturated rings. The second kappa shape index (κ2) is 4.64. The number of carboxylic acid groups (broad SMARTS) is 1. The van der Waals surface area contributed by atoms with E-state index in [0.717, 1.165) is 16.6 Å². The summed E-state index contributed by atoms with van der Waals surface area (Å²) in [6, 6.07) is 9.30. The molecule has 15 heavy (non-hydrogen) atoms. The molecule has 0 atom stereocenters. The van der Waals surface area contributed by atoms with Gasteiger partial charge in [-0.25, -0.2) is 4.79 Å². The van der Waals surface area contributed by atoms with Gasteiger partial charge in [0.2, 0.25) is 0 Å². The summed E-state index contributed by atoms with van der Waals surface area (Å²) in [5.41, 5.74) is 1.49. The zero-order valence-corrected chi connectivity index (χ0v) is 9.19. The van der Waals surface area contributed by atoms with E-state index in [0.29, 0.717) is 0 Å². The van der Waals surface area contributed by atoms with Gasteiger partial charge in [-0.15, -0.1) is 0 Å². The molecule has 1 N–H and O–H groups in total. The molecule has 0 radical (unpaired) electrons. The van der Waals surface area contributed by atoms with Crippen LogP contribution in [0.1, 0.15) is 19.5 Å². The van der Waals surface area contributed by atoms with Gasteiger partial charge in [0, 0.05) is 11.1 Å². The van der Waals surface area contributed by atoms with E-state index in [9.17, 15) is 4.79 Å². The highest BCUT2D eigenvalue weighted by molar-refractivity contribution is 5.90. The summed E-state index contributed by atoms with van der Waals surface area (Å²) >= 11 is 0. The monoisotopic (exact) mass is 205 g/mol. The quantitative estimate of drug-likeness (QED) is 0.715. The molecule has 0 aliphatic carbocycles. The van der Waals surface area contributed by atoms with Crippen molar-refractivity contribution < 1.29 is 9.90 Å². The normalized spacial score (nSPS) is 9.53. The maximum Gasteiger partial charge on any atom is 0.416 e. The molecule has 1 aromatic carbocycles. The van der Waals surface area contributed by atoms with Gasteiger partial charge in [-0.3, -0.25) is 4.57 Å². The molecule has 1 aromatic heterocycles. The zero-order chi connectivity index (χ0) is 11.4. The van der Waals surface area contributed by atoms with E-state index < -0.39 is 6.09 Å². The Balaban J connectivity index is 0.000000531. The lowest BCUT2D eigenvalue weighted by molar-refractivity contribution is 0.197. The molecule has 3 nitrogen and oxygen atoms in total. The van der Waals surface area contributed by atoms with Crippen LogP contribution in [0.3, 0.4) is 0 Å². The molecule has 0 aliphatic rings. The van der Waals surface area contributed by atoms with Gasteiger partial charge < -0.3 is 5.11 Å². The standard InChI is InChI=1S/C10H9NO2.C2H6/c1-7-6-8-4-2-3-5-9(8)11(7)10(12)13;1-2/h2-6H,1H3,(H,12,13);1-2H3. The van der Waals surface area contributed by atoms with Gasteiger partial charge >= 0.3 is 6.09 Å². The number of aryl methyl sites for hydroxylation is 1. The van der Waals surface area contributed by atoms with E-state index in [-0.39, 0.29) is 0 Å². The largest absolute Gasteiger partial charge is 0.464 e. The van der Waals surface area contributed by atoms with Gasteiger partial charge in [-0.2, -0.15) is 0 Å². The van der Waals surface area contributed by atoms with Crippen molar-refractivity contribution in [2.45, 2.75) is 20.8 Å². The zero-order valence-electron chi connectivity index (χ0n) is 9.19. The average Bonchev–Trinajstić information content (AvgIpc) is 2.56. The predicted octanol–water partition coefficient (Wildman–Crippen LogP) is 3.50. The number of aromatic nitrogens is 1. The van der Waals surface area contributed by atoms with Crippen LogP contribution in [0.15, 0.2) is 30.3 Å². The van der Waals surface area contributed by atoms with Crippen molar-refractivity contribution in [3.8, 4) is 0 Å². The first-order valence-electron chi connectivity index (χ1n) is 5.00. The fourth-order valence-electron chi connectivity index (χ4n) is 1.55. The Kier molecular flexibility index (Phi) is 3.50. The van der Waals surface area contributed by atoms with Crippen LogP contribution >= 0.6 is 0 Å². The van der Waals surface area contributed by atoms with Crippen molar-refractivity contribution in [1.82, 2.24) is 4.57 Å². The smallest absolute Gasteiger partial charge is 0.416 e. The minimum absolute atomic E-state index is 0.743. The number of hydrogen-bond donors (Lipinski definition) is 1. The van der Waals surface area contributed by atoms with E-state index in [2.05, 4.69) is 0 Å². The van der Waals surface area contributed by atoms with Crippen LogP contribution in [0.2, 0.25) is 0 Å². The first-order valence-corrected chi connectivity index (χ1v) is 5.00. The van der Waals surface area contributed by atoms with E-state index in [1.807, 2.05) is 38.1 Å². The fraction of sp³-hybridized carbons (Fsp3) is 0.250. The van der Waals surface area contributed by atoms with E-state index >= 15 is 0 Å². The molecule has 0 bridgehead atoms. The van der Waals surface area contributed by atoms with Crippen LogP contribution in [0.5, 0.6) is 0 Å². The molecule has 0 amide bonds. The number of para-hydroxylation sites is 1. The van der Waals surface area contributed by atoms with Gasteiger partial charge in [0.15, 0.2) is 0 Å². The summed E-state index contributed by atoms with van der Waals surface area (Å²) in [6.45, 7) is 5.79. The van der Waals surface area contributed by atoms with Gasteiger partial charge in [-0.05, 0) is 19.1 Å². The van der Waals surface area contributed by atoms with Gasteiger partial charge in [0.25, 0.3) is 0 Å². The summed E-state index contributed by atoms with van der Waals surface area (Å²) in [5.74, 6) is 0. The Morgan fingerprint density at radius 1 is 1.27 bits per heavy atom. The predicted molar refractivity (Wildman–Crippen MR) is 61.4 cm³/mol. The van der Waals surface area contributed by atoms with Gasteiger partial charge in [0.1, 0.15) is 0 Å². The number of rotatable bonds is 0. The number of carbonyl (C=O) groups is 1. The summed E-state index contributed by atoms with van der Waals surface area (Å²) < 4.78 is 1.29. The molecule has 0 saturated carbocycles. The first kappa shape index (κ1) is 11.3. The maximum absolute atomic E-state index is 10.9. The maximum atomic E-state index is 10.9. The number of benzene rings is 1. The number of nitrogens with zero attached hydrogens (tertiary/aromatic N) is 1. The molecular formula is C12H15NO2. The molecule has 0 saturated heterocycles. The van der Waals surface area contributed by atoms with Crippen LogP contribution in [0, 0.1) is 6.92 Å². The Labute approximate surface area is 89.0 Å². The van der Waals surface area contributed by atoms with Crippen molar-refractivity contribution in [3.63, 3.8) is 0 Å². The Hall–Kier alpha value is -1.77. The van der Waals surface area contributed by atoms with Crippen molar-refractivity contribution in [1.29, 1.82) is 0 Å². The minimum atomic E-state index is -0.932. The fourth-order valence-corrected chi connectivity index (χ4v) is 1.55. The molecule has 80 valence electrons. The highest BCUT2D eigenvalue weighted by atomic mass is 16.4. The van der Waals surface area contributed by atoms with E-state index in [1.54, 1.807) is 13.0 Å². The third-order valence-electron chi connectivity index (χ3n) is 2.09. The minimum Gasteiger partial charge on any atom is -0.464 e. The molecule has 2 aromatic rings. The van der Waals surface area contributed by atoms with Crippen LogP contribution in [0.25, 0.3) is 10.9 Å². The molecule has 1 heterocycles. The molecule has 0 spiro atoms. The Morgan fingerprint density at radius 3 is 2.47 bits per heavy atom. The topological polar surface area (TPSA) is 42.2 Å².